The van der Waals surface area contributed by atoms with Crippen molar-refractivity contribution in [1.82, 2.24) is 10.2 Å². The molecule has 2 nitrogen and oxygen atoms in total. The fourth-order valence-corrected chi connectivity index (χ4v) is 3.26. The van der Waals surface area contributed by atoms with Crippen LogP contribution in [-0.4, -0.2) is 24.5 Å². The van der Waals surface area contributed by atoms with Crippen molar-refractivity contribution in [3.8, 4) is 0 Å². The van der Waals surface area contributed by atoms with E-state index in [0.717, 1.165) is 31.2 Å². The maximum Gasteiger partial charge on any atom is 0.0487 e. The first-order valence-electron chi connectivity index (χ1n) is 8.41. The summed E-state index contributed by atoms with van der Waals surface area (Å²) in [7, 11) is 0. The SMILES string of the molecule is CCN(CC)C(CNCc1ccccc1C)c1ccccc1Cl. The van der Waals surface area contributed by atoms with Crippen molar-refractivity contribution in [1.29, 1.82) is 0 Å². The number of nitrogens with one attached hydrogen (secondary N) is 1. The molecule has 23 heavy (non-hydrogen) atoms. The molecule has 0 aliphatic carbocycles. The van der Waals surface area contributed by atoms with E-state index in [4.69, 9.17) is 11.6 Å². The van der Waals surface area contributed by atoms with E-state index in [9.17, 15) is 0 Å². The van der Waals surface area contributed by atoms with Gasteiger partial charge in [-0.1, -0.05) is 67.9 Å². The first-order valence-corrected chi connectivity index (χ1v) is 8.78. The smallest absolute Gasteiger partial charge is 0.0487 e. The summed E-state index contributed by atoms with van der Waals surface area (Å²) >= 11 is 6.44. The molecule has 0 fully saturated rings. The highest BCUT2D eigenvalue weighted by Crippen LogP contribution is 2.27. The Hall–Kier alpha value is -1.35. The molecule has 0 bridgehead atoms. The highest BCUT2D eigenvalue weighted by Gasteiger charge is 2.19. The summed E-state index contributed by atoms with van der Waals surface area (Å²) in [6.07, 6.45) is 0. The number of rotatable bonds is 8. The number of halogens is 1. The lowest BCUT2D eigenvalue weighted by Crippen LogP contribution is -2.36. The van der Waals surface area contributed by atoms with Gasteiger partial charge < -0.3 is 5.32 Å². The Bertz CT molecular complexity index is 608. The predicted octanol–water partition coefficient (Wildman–Crippen LogP) is 4.82. The van der Waals surface area contributed by atoms with Crippen LogP contribution < -0.4 is 5.32 Å². The zero-order valence-electron chi connectivity index (χ0n) is 14.3. The number of nitrogens with zero attached hydrogens (tertiary/aromatic N) is 1. The first-order chi connectivity index (χ1) is 11.2. The summed E-state index contributed by atoms with van der Waals surface area (Å²) < 4.78 is 0. The average Bonchev–Trinajstić information content (AvgIpc) is 2.57. The molecule has 2 aromatic rings. The van der Waals surface area contributed by atoms with Crippen LogP contribution in [0.3, 0.4) is 0 Å². The van der Waals surface area contributed by atoms with Crippen LogP contribution in [0.25, 0.3) is 0 Å². The van der Waals surface area contributed by atoms with Gasteiger partial charge in [0, 0.05) is 24.2 Å². The van der Waals surface area contributed by atoms with Gasteiger partial charge in [0.15, 0.2) is 0 Å². The maximum absolute atomic E-state index is 6.44. The van der Waals surface area contributed by atoms with Crippen molar-refractivity contribution >= 4 is 11.6 Å². The Morgan fingerprint density at radius 3 is 2.30 bits per heavy atom. The molecule has 0 heterocycles. The Balaban J connectivity index is 2.09. The summed E-state index contributed by atoms with van der Waals surface area (Å²) in [6, 6.07) is 17.0. The average molecular weight is 331 g/mol. The summed E-state index contributed by atoms with van der Waals surface area (Å²) in [5.41, 5.74) is 3.89. The monoisotopic (exact) mass is 330 g/mol. The van der Waals surface area contributed by atoms with Gasteiger partial charge in [0.2, 0.25) is 0 Å². The minimum Gasteiger partial charge on any atom is -0.311 e. The number of likely N-dealkylation sites (N-methyl/N-ethyl adjacent to an activating group) is 1. The number of benzene rings is 2. The molecule has 0 spiro atoms. The van der Waals surface area contributed by atoms with Crippen molar-refractivity contribution < 1.29 is 0 Å². The van der Waals surface area contributed by atoms with E-state index in [2.05, 4.69) is 67.4 Å². The second-order valence-electron chi connectivity index (χ2n) is 5.82. The molecule has 2 aromatic carbocycles. The van der Waals surface area contributed by atoms with Crippen LogP contribution in [0.15, 0.2) is 48.5 Å². The quantitative estimate of drug-likeness (QED) is 0.746. The summed E-state index contributed by atoms with van der Waals surface area (Å²) in [4.78, 5) is 2.45. The Labute approximate surface area is 145 Å². The molecule has 0 amide bonds. The van der Waals surface area contributed by atoms with Gasteiger partial charge in [-0.3, -0.25) is 4.90 Å². The molecule has 0 aromatic heterocycles. The van der Waals surface area contributed by atoms with Crippen LogP contribution in [0.5, 0.6) is 0 Å². The van der Waals surface area contributed by atoms with Crippen LogP contribution >= 0.6 is 11.6 Å². The third-order valence-corrected chi connectivity index (χ3v) is 4.78. The molecule has 1 unspecified atom stereocenters. The number of hydrogen-bond donors (Lipinski definition) is 1. The zero-order chi connectivity index (χ0) is 16.7. The molecule has 0 saturated heterocycles. The van der Waals surface area contributed by atoms with Crippen molar-refractivity contribution in [2.24, 2.45) is 0 Å². The number of hydrogen-bond acceptors (Lipinski definition) is 2. The Morgan fingerprint density at radius 2 is 1.65 bits per heavy atom. The third kappa shape index (κ3) is 4.81. The molecule has 1 N–H and O–H groups in total. The van der Waals surface area contributed by atoms with E-state index >= 15 is 0 Å². The topological polar surface area (TPSA) is 15.3 Å². The largest absolute Gasteiger partial charge is 0.311 e. The van der Waals surface area contributed by atoms with Gasteiger partial charge in [0.05, 0.1) is 0 Å². The lowest BCUT2D eigenvalue weighted by molar-refractivity contribution is 0.213. The lowest BCUT2D eigenvalue weighted by atomic mass is 10.0. The lowest BCUT2D eigenvalue weighted by Gasteiger charge is -2.31. The summed E-state index contributed by atoms with van der Waals surface area (Å²) in [5.74, 6) is 0. The molecule has 1 atom stereocenters. The fraction of sp³-hybridized carbons (Fsp3) is 0.400. The molecular weight excluding hydrogens is 304 g/mol. The van der Waals surface area contributed by atoms with Gasteiger partial charge in [-0.15, -0.1) is 0 Å². The molecule has 2 rings (SSSR count). The van der Waals surface area contributed by atoms with E-state index < -0.39 is 0 Å². The van der Waals surface area contributed by atoms with Gasteiger partial charge >= 0.3 is 0 Å². The minimum absolute atomic E-state index is 0.294. The van der Waals surface area contributed by atoms with Gasteiger partial charge in [0.25, 0.3) is 0 Å². The van der Waals surface area contributed by atoms with Crippen molar-refractivity contribution in [3.63, 3.8) is 0 Å². The van der Waals surface area contributed by atoms with Crippen molar-refractivity contribution in [2.75, 3.05) is 19.6 Å². The second kappa shape index (κ2) is 9.07. The van der Waals surface area contributed by atoms with E-state index in [1.54, 1.807) is 0 Å². The van der Waals surface area contributed by atoms with Crippen LogP contribution in [0, 0.1) is 6.92 Å². The molecule has 0 aliphatic heterocycles. The van der Waals surface area contributed by atoms with Gasteiger partial charge in [0.1, 0.15) is 0 Å². The van der Waals surface area contributed by atoms with Gasteiger partial charge in [-0.05, 0) is 42.8 Å². The Kier molecular flexibility index (Phi) is 7.10. The van der Waals surface area contributed by atoms with Crippen molar-refractivity contribution in [3.05, 3.63) is 70.2 Å². The van der Waals surface area contributed by atoms with Gasteiger partial charge in [-0.25, -0.2) is 0 Å². The molecule has 3 heteroatoms. The van der Waals surface area contributed by atoms with E-state index in [-0.39, 0.29) is 0 Å². The predicted molar refractivity (Wildman–Crippen MR) is 100.0 cm³/mol. The first kappa shape index (κ1) is 18.0. The number of aryl methyl sites for hydroxylation is 1. The Morgan fingerprint density at radius 1 is 1.00 bits per heavy atom. The molecular formula is C20H27ClN2. The molecule has 0 aliphatic rings. The fourth-order valence-electron chi connectivity index (χ4n) is 3.00. The molecule has 0 radical (unpaired) electrons. The highest BCUT2D eigenvalue weighted by molar-refractivity contribution is 6.31. The van der Waals surface area contributed by atoms with Crippen LogP contribution in [-0.2, 0) is 6.54 Å². The maximum atomic E-state index is 6.44. The normalized spacial score (nSPS) is 12.6. The third-order valence-electron chi connectivity index (χ3n) is 4.43. The van der Waals surface area contributed by atoms with E-state index in [1.807, 2.05) is 12.1 Å². The molecule has 0 saturated carbocycles. The summed E-state index contributed by atoms with van der Waals surface area (Å²) in [6.45, 7) is 10.4. The standard InChI is InChI=1S/C20H27ClN2/c1-4-23(5-2)20(18-12-8-9-13-19(18)21)15-22-14-17-11-7-6-10-16(17)3/h6-13,20,22H,4-5,14-15H2,1-3H3. The summed E-state index contributed by atoms with van der Waals surface area (Å²) in [5, 5.41) is 4.47. The van der Waals surface area contributed by atoms with Gasteiger partial charge in [-0.2, -0.15) is 0 Å². The minimum atomic E-state index is 0.294. The highest BCUT2D eigenvalue weighted by atomic mass is 35.5. The van der Waals surface area contributed by atoms with Crippen LogP contribution in [0.2, 0.25) is 5.02 Å². The van der Waals surface area contributed by atoms with Crippen LogP contribution in [0.1, 0.15) is 36.6 Å². The molecule has 124 valence electrons. The van der Waals surface area contributed by atoms with E-state index in [0.29, 0.717) is 6.04 Å². The van der Waals surface area contributed by atoms with Crippen LogP contribution in [0.4, 0.5) is 0 Å². The zero-order valence-corrected chi connectivity index (χ0v) is 15.1. The second-order valence-corrected chi connectivity index (χ2v) is 6.22. The van der Waals surface area contributed by atoms with E-state index in [1.165, 1.54) is 16.7 Å². The van der Waals surface area contributed by atoms with Crippen molar-refractivity contribution in [2.45, 2.75) is 33.4 Å².